The van der Waals surface area contributed by atoms with E-state index >= 15 is 0 Å². The number of amides is 1. The van der Waals surface area contributed by atoms with Gasteiger partial charge in [0.2, 0.25) is 15.9 Å². The summed E-state index contributed by atoms with van der Waals surface area (Å²) in [5.74, 6) is -0.0820. The average molecular weight is 349 g/mol. The molecule has 0 aromatic heterocycles. The van der Waals surface area contributed by atoms with E-state index in [1.807, 2.05) is 0 Å². The quantitative estimate of drug-likeness (QED) is 0.853. The molecule has 1 atom stereocenters. The second-order valence-corrected chi connectivity index (χ2v) is 7.51. The van der Waals surface area contributed by atoms with Gasteiger partial charge in [0.25, 0.3) is 0 Å². The van der Waals surface area contributed by atoms with Crippen LogP contribution in [0.3, 0.4) is 0 Å². The summed E-state index contributed by atoms with van der Waals surface area (Å²) < 4.78 is 30.6. The van der Waals surface area contributed by atoms with Crippen LogP contribution in [-0.2, 0) is 14.8 Å². The van der Waals surface area contributed by atoms with E-state index in [9.17, 15) is 13.2 Å². The molecule has 0 radical (unpaired) electrons. The zero-order valence-corrected chi connectivity index (χ0v) is 14.8. The summed E-state index contributed by atoms with van der Waals surface area (Å²) in [5.41, 5.74) is 0.226. The van der Waals surface area contributed by atoms with E-state index in [-0.39, 0.29) is 11.7 Å². The number of benzene rings is 1. The number of nitrogens with one attached hydrogen (secondary N) is 1. The third-order valence-electron chi connectivity index (χ3n) is 2.90. The lowest BCUT2D eigenvalue weighted by atomic mass is 10.2. The number of carbonyl (C=O) groups excluding carboxylic acids is 1. The molecule has 1 N–H and O–H groups in total. The lowest BCUT2D eigenvalue weighted by Gasteiger charge is -2.30. The van der Waals surface area contributed by atoms with Gasteiger partial charge in [0, 0.05) is 11.1 Å². The Hall–Kier alpha value is -1.47. The van der Waals surface area contributed by atoms with Gasteiger partial charge in [-0.1, -0.05) is 11.6 Å². The molecule has 1 amide bonds. The van der Waals surface area contributed by atoms with Crippen molar-refractivity contribution in [2.24, 2.45) is 0 Å². The molecule has 1 rings (SSSR count). The van der Waals surface area contributed by atoms with E-state index in [2.05, 4.69) is 5.32 Å². The molecule has 1 unspecified atom stereocenters. The SMILES string of the molecule is COc1ccc(Cl)cc1N(C(C)C(=O)NC(C)C)S(C)(=O)=O. The lowest BCUT2D eigenvalue weighted by molar-refractivity contribution is -0.122. The fourth-order valence-electron chi connectivity index (χ4n) is 2.02. The van der Waals surface area contributed by atoms with Crippen LogP contribution in [-0.4, -0.2) is 39.8 Å². The lowest BCUT2D eigenvalue weighted by Crippen LogP contribution is -2.49. The molecular formula is C14H21ClN2O4S. The van der Waals surface area contributed by atoms with E-state index in [0.717, 1.165) is 10.6 Å². The van der Waals surface area contributed by atoms with E-state index < -0.39 is 22.0 Å². The Morgan fingerprint density at radius 2 is 1.91 bits per heavy atom. The predicted molar refractivity (Wildman–Crippen MR) is 88.1 cm³/mol. The molecule has 0 saturated heterocycles. The summed E-state index contributed by atoms with van der Waals surface area (Å²) in [6.07, 6.45) is 1.03. The molecule has 0 aliphatic heterocycles. The molecule has 0 bridgehead atoms. The van der Waals surface area contributed by atoms with Gasteiger partial charge in [-0.3, -0.25) is 9.10 Å². The third-order valence-corrected chi connectivity index (χ3v) is 4.36. The average Bonchev–Trinajstić information content (AvgIpc) is 2.36. The topological polar surface area (TPSA) is 75.7 Å². The summed E-state index contributed by atoms with van der Waals surface area (Å²) >= 11 is 5.96. The molecule has 0 spiro atoms. The van der Waals surface area contributed by atoms with E-state index in [1.165, 1.54) is 20.1 Å². The molecule has 0 aliphatic rings. The van der Waals surface area contributed by atoms with E-state index in [1.54, 1.807) is 26.0 Å². The standard InChI is InChI=1S/C14H21ClN2O4S/c1-9(2)16-14(18)10(3)17(22(5,19)20)12-8-11(15)6-7-13(12)21-4/h6-10H,1-5H3,(H,16,18). The number of ether oxygens (including phenoxy) is 1. The van der Waals surface area contributed by atoms with Crippen molar-refractivity contribution in [1.82, 2.24) is 5.32 Å². The van der Waals surface area contributed by atoms with Crippen LogP contribution in [0.1, 0.15) is 20.8 Å². The maximum atomic E-state index is 12.2. The summed E-state index contributed by atoms with van der Waals surface area (Å²) in [6.45, 7) is 5.11. The number of hydrogen-bond acceptors (Lipinski definition) is 4. The Bertz CT molecular complexity index is 646. The van der Waals surface area contributed by atoms with Crippen molar-refractivity contribution in [1.29, 1.82) is 0 Å². The maximum absolute atomic E-state index is 12.2. The van der Waals surface area contributed by atoms with Crippen LogP contribution in [0.4, 0.5) is 5.69 Å². The van der Waals surface area contributed by atoms with Crippen LogP contribution in [0.5, 0.6) is 5.75 Å². The molecule has 0 heterocycles. The molecule has 124 valence electrons. The Labute approximate surface area is 136 Å². The number of methoxy groups -OCH3 is 1. The number of rotatable bonds is 6. The van der Waals surface area contributed by atoms with Gasteiger partial charge < -0.3 is 10.1 Å². The highest BCUT2D eigenvalue weighted by Crippen LogP contribution is 2.34. The van der Waals surface area contributed by atoms with E-state index in [4.69, 9.17) is 16.3 Å². The highest BCUT2D eigenvalue weighted by Gasteiger charge is 2.31. The van der Waals surface area contributed by atoms with Crippen molar-refractivity contribution in [3.63, 3.8) is 0 Å². The summed E-state index contributed by atoms with van der Waals surface area (Å²) in [5, 5.41) is 3.05. The van der Waals surface area contributed by atoms with Gasteiger partial charge in [-0.25, -0.2) is 8.42 Å². The predicted octanol–water partition coefficient (Wildman–Crippen LogP) is 2.03. The third kappa shape index (κ3) is 4.51. The highest BCUT2D eigenvalue weighted by molar-refractivity contribution is 7.92. The largest absolute Gasteiger partial charge is 0.495 e. The molecule has 1 aromatic carbocycles. The van der Waals surface area contributed by atoms with Crippen molar-refractivity contribution in [3.8, 4) is 5.75 Å². The molecule has 0 aliphatic carbocycles. The second kappa shape index (κ2) is 7.19. The molecule has 1 aromatic rings. The van der Waals surface area contributed by atoms with Crippen LogP contribution < -0.4 is 14.4 Å². The van der Waals surface area contributed by atoms with Crippen LogP contribution in [0.15, 0.2) is 18.2 Å². The molecule has 22 heavy (non-hydrogen) atoms. The normalized spacial score (nSPS) is 12.9. The minimum atomic E-state index is -3.71. The minimum Gasteiger partial charge on any atom is -0.495 e. The number of anilines is 1. The Morgan fingerprint density at radius 1 is 1.32 bits per heavy atom. The second-order valence-electron chi connectivity index (χ2n) is 5.21. The number of sulfonamides is 1. The summed E-state index contributed by atoms with van der Waals surface area (Å²) in [4.78, 5) is 12.2. The van der Waals surface area contributed by atoms with Crippen molar-refractivity contribution < 1.29 is 17.9 Å². The summed E-state index contributed by atoms with van der Waals surface area (Å²) in [7, 11) is -2.29. The monoisotopic (exact) mass is 348 g/mol. The van der Waals surface area contributed by atoms with Gasteiger partial charge in [0.15, 0.2) is 0 Å². The van der Waals surface area contributed by atoms with Gasteiger partial charge in [-0.05, 0) is 39.0 Å². The first-order valence-electron chi connectivity index (χ1n) is 6.71. The first-order valence-corrected chi connectivity index (χ1v) is 8.94. The van der Waals surface area contributed by atoms with E-state index in [0.29, 0.717) is 10.8 Å². The smallest absolute Gasteiger partial charge is 0.243 e. The zero-order valence-electron chi connectivity index (χ0n) is 13.3. The van der Waals surface area contributed by atoms with Crippen molar-refractivity contribution >= 4 is 33.2 Å². The van der Waals surface area contributed by atoms with Crippen LogP contribution in [0.25, 0.3) is 0 Å². The number of halogens is 1. The van der Waals surface area contributed by atoms with Crippen molar-refractivity contribution in [3.05, 3.63) is 23.2 Å². The van der Waals surface area contributed by atoms with Crippen molar-refractivity contribution in [2.45, 2.75) is 32.9 Å². The van der Waals surface area contributed by atoms with Gasteiger partial charge in [0.05, 0.1) is 19.1 Å². The van der Waals surface area contributed by atoms with Crippen LogP contribution in [0.2, 0.25) is 5.02 Å². The Kier molecular flexibility index (Phi) is 6.08. The van der Waals surface area contributed by atoms with Crippen LogP contribution >= 0.6 is 11.6 Å². The van der Waals surface area contributed by atoms with Gasteiger partial charge >= 0.3 is 0 Å². The van der Waals surface area contributed by atoms with Gasteiger partial charge in [-0.15, -0.1) is 0 Å². The molecule has 0 saturated carbocycles. The number of carbonyl (C=O) groups is 1. The van der Waals surface area contributed by atoms with Gasteiger partial charge in [0.1, 0.15) is 11.8 Å². The zero-order chi connectivity index (χ0) is 17.1. The number of hydrogen-bond donors (Lipinski definition) is 1. The number of nitrogens with zero attached hydrogens (tertiary/aromatic N) is 1. The first-order chi connectivity index (χ1) is 10.1. The summed E-state index contributed by atoms with van der Waals surface area (Å²) in [6, 6.07) is 3.56. The van der Waals surface area contributed by atoms with Crippen molar-refractivity contribution in [2.75, 3.05) is 17.7 Å². The Morgan fingerprint density at radius 3 is 2.36 bits per heavy atom. The van der Waals surface area contributed by atoms with Crippen LogP contribution in [0, 0.1) is 0 Å². The molecule has 6 nitrogen and oxygen atoms in total. The molecular weight excluding hydrogens is 328 g/mol. The van der Waals surface area contributed by atoms with Gasteiger partial charge in [-0.2, -0.15) is 0 Å². The molecule has 8 heteroatoms. The highest BCUT2D eigenvalue weighted by atomic mass is 35.5. The fraction of sp³-hybridized carbons (Fsp3) is 0.500. The fourth-order valence-corrected chi connectivity index (χ4v) is 3.36. The Balaban J connectivity index is 3.37. The maximum Gasteiger partial charge on any atom is 0.243 e. The minimum absolute atomic E-state index is 0.0994. The first kappa shape index (κ1) is 18.6. The molecule has 0 fully saturated rings.